The van der Waals surface area contributed by atoms with Crippen molar-refractivity contribution < 1.29 is 14.3 Å². The molecule has 0 heterocycles. The zero-order valence-corrected chi connectivity index (χ0v) is 17.6. The summed E-state index contributed by atoms with van der Waals surface area (Å²) in [5.74, 6) is 1.53. The van der Waals surface area contributed by atoms with Crippen LogP contribution in [-0.4, -0.2) is 45.7 Å². The molecule has 5 heteroatoms. The lowest BCUT2D eigenvalue weighted by Gasteiger charge is -2.25. The molecule has 0 saturated carbocycles. The predicted octanol–water partition coefficient (Wildman–Crippen LogP) is 3.75. The topological polar surface area (TPSA) is 50.8 Å². The average Bonchev–Trinajstić information content (AvgIpc) is 2.67. The highest BCUT2D eigenvalue weighted by Crippen LogP contribution is 2.23. The monoisotopic (exact) mass is 382 g/mol. The average molecular weight is 383 g/mol. The molecule has 0 aromatic heterocycles. The number of aryl methyl sites for hydroxylation is 2. The van der Waals surface area contributed by atoms with Crippen LogP contribution in [0.15, 0.2) is 42.5 Å². The lowest BCUT2D eigenvalue weighted by molar-refractivity contribution is -0.116. The van der Waals surface area contributed by atoms with Crippen LogP contribution in [0.1, 0.15) is 28.3 Å². The molecule has 2 aromatic rings. The Morgan fingerprint density at radius 1 is 1.04 bits per heavy atom. The third-order valence-electron chi connectivity index (χ3n) is 4.80. The first kappa shape index (κ1) is 21.5. The van der Waals surface area contributed by atoms with Crippen molar-refractivity contribution in [3.8, 4) is 11.5 Å². The fourth-order valence-electron chi connectivity index (χ4n) is 3.16. The number of benzene rings is 2. The number of hydrogen-bond donors (Lipinski definition) is 1. The number of carbonyl (C=O) groups excluding carboxylic acids is 1. The molecule has 1 N–H and O–H groups in total. The zero-order chi connectivity index (χ0) is 20.7. The van der Waals surface area contributed by atoms with Gasteiger partial charge in [-0.2, -0.15) is 0 Å². The van der Waals surface area contributed by atoms with Crippen LogP contribution < -0.4 is 14.8 Å². The zero-order valence-electron chi connectivity index (χ0n) is 17.6. The molecule has 28 heavy (non-hydrogen) atoms. The maximum atomic E-state index is 12.4. The van der Waals surface area contributed by atoms with Crippen molar-refractivity contribution in [2.24, 2.45) is 0 Å². The van der Waals surface area contributed by atoms with Crippen molar-refractivity contribution >= 4 is 12.0 Å². The number of methoxy groups -OCH3 is 2. The molecule has 0 aliphatic carbocycles. The van der Waals surface area contributed by atoms with E-state index in [1.54, 1.807) is 20.3 Å². The van der Waals surface area contributed by atoms with E-state index in [-0.39, 0.29) is 11.9 Å². The summed E-state index contributed by atoms with van der Waals surface area (Å²) in [6.45, 7) is 4.54. The van der Waals surface area contributed by atoms with Crippen molar-refractivity contribution in [3.05, 3.63) is 64.7 Å². The van der Waals surface area contributed by atoms with Gasteiger partial charge in [0.25, 0.3) is 0 Å². The lowest BCUT2D eigenvalue weighted by Crippen LogP contribution is -2.33. The molecule has 0 radical (unpaired) electrons. The summed E-state index contributed by atoms with van der Waals surface area (Å²) >= 11 is 0. The van der Waals surface area contributed by atoms with Gasteiger partial charge < -0.3 is 19.7 Å². The van der Waals surface area contributed by atoms with E-state index in [1.807, 2.05) is 70.4 Å². The van der Waals surface area contributed by atoms with E-state index in [0.29, 0.717) is 6.54 Å². The van der Waals surface area contributed by atoms with Crippen molar-refractivity contribution in [2.45, 2.75) is 19.9 Å². The minimum atomic E-state index is -0.116. The molecule has 0 saturated heterocycles. The summed E-state index contributed by atoms with van der Waals surface area (Å²) in [5, 5.41) is 3.00. The molecule has 0 fully saturated rings. The lowest BCUT2D eigenvalue weighted by atomic mass is 10.0. The number of nitrogens with zero attached hydrogens (tertiary/aromatic N) is 1. The number of ether oxygens (including phenoxy) is 2. The van der Waals surface area contributed by atoms with Crippen molar-refractivity contribution in [2.75, 3.05) is 34.9 Å². The van der Waals surface area contributed by atoms with Gasteiger partial charge in [-0.05, 0) is 80.5 Å². The summed E-state index contributed by atoms with van der Waals surface area (Å²) in [7, 11) is 7.31. The first-order valence-corrected chi connectivity index (χ1v) is 9.27. The van der Waals surface area contributed by atoms with Crippen LogP contribution in [0.2, 0.25) is 0 Å². The van der Waals surface area contributed by atoms with Crippen molar-refractivity contribution in [1.29, 1.82) is 0 Å². The van der Waals surface area contributed by atoms with Crippen LogP contribution in [-0.2, 0) is 4.79 Å². The highest BCUT2D eigenvalue weighted by molar-refractivity contribution is 5.92. The van der Waals surface area contributed by atoms with E-state index in [2.05, 4.69) is 10.2 Å². The number of carbonyl (C=O) groups is 1. The smallest absolute Gasteiger partial charge is 0.244 e. The van der Waals surface area contributed by atoms with E-state index < -0.39 is 0 Å². The Morgan fingerprint density at radius 2 is 1.61 bits per heavy atom. The minimum Gasteiger partial charge on any atom is -0.497 e. The Balaban J connectivity index is 2.04. The fraction of sp³-hybridized carbons (Fsp3) is 0.348. The SMILES string of the molecule is COc1ccc(C(CNC(=O)/C=C/c2c(C)cc(OC)cc2C)N(C)C)cc1. The third-order valence-corrected chi connectivity index (χ3v) is 4.80. The van der Waals surface area contributed by atoms with Gasteiger partial charge in [-0.25, -0.2) is 0 Å². The molecule has 1 unspecified atom stereocenters. The van der Waals surface area contributed by atoms with Gasteiger partial charge >= 0.3 is 0 Å². The Morgan fingerprint density at radius 3 is 2.11 bits per heavy atom. The molecule has 0 aliphatic rings. The Bertz CT molecular complexity index is 803. The Hall–Kier alpha value is -2.79. The van der Waals surface area contributed by atoms with Crippen LogP contribution in [0, 0.1) is 13.8 Å². The first-order valence-electron chi connectivity index (χ1n) is 9.27. The van der Waals surface area contributed by atoms with Crippen LogP contribution >= 0.6 is 0 Å². The van der Waals surface area contributed by atoms with E-state index >= 15 is 0 Å². The van der Waals surface area contributed by atoms with Crippen LogP contribution in [0.3, 0.4) is 0 Å². The van der Waals surface area contributed by atoms with Crippen molar-refractivity contribution in [1.82, 2.24) is 10.2 Å². The number of likely N-dealkylation sites (N-methyl/N-ethyl adjacent to an activating group) is 1. The fourth-order valence-corrected chi connectivity index (χ4v) is 3.16. The molecule has 0 spiro atoms. The summed E-state index contributed by atoms with van der Waals surface area (Å²) in [4.78, 5) is 14.4. The van der Waals surface area contributed by atoms with Gasteiger partial charge in [-0.1, -0.05) is 12.1 Å². The maximum absolute atomic E-state index is 12.4. The van der Waals surface area contributed by atoms with E-state index in [9.17, 15) is 4.79 Å². The highest BCUT2D eigenvalue weighted by atomic mass is 16.5. The highest BCUT2D eigenvalue weighted by Gasteiger charge is 2.15. The molecule has 1 amide bonds. The van der Waals surface area contributed by atoms with E-state index in [4.69, 9.17) is 9.47 Å². The van der Waals surface area contributed by atoms with Gasteiger partial charge in [0.05, 0.1) is 20.3 Å². The summed E-state index contributed by atoms with van der Waals surface area (Å²) < 4.78 is 10.5. The molecule has 0 bridgehead atoms. The van der Waals surface area contributed by atoms with Gasteiger partial charge in [0.15, 0.2) is 0 Å². The predicted molar refractivity (Wildman–Crippen MR) is 114 cm³/mol. The Kier molecular flexibility index (Phi) is 7.64. The molecule has 150 valence electrons. The second kappa shape index (κ2) is 9.95. The summed E-state index contributed by atoms with van der Waals surface area (Å²) in [6, 6.07) is 11.9. The third kappa shape index (κ3) is 5.60. The van der Waals surface area contributed by atoms with Gasteiger partial charge in [-0.15, -0.1) is 0 Å². The van der Waals surface area contributed by atoms with Gasteiger partial charge in [0.2, 0.25) is 5.91 Å². The second-order valence-electron chi connectivity index (χ2n) is 7.01. The Labute approximate surface area is 168 Å². The van der Waals surface area contributed by atoms with Gasteiger partial charge in [0, 0.05) is 12.6 Å². The quantitative estimate of drug-likeness (QED) is 0.707. The number of hydrogen-bond acceptors (Lipinski definition) is 4. The first-order chi connectivity index (χ1) is 13.3. The van der Waals surface area contributed by atoms with Crippen LogP contribution in [0.4, 0.5) is 0 Å². The molecular formula is C23H30N2O3. The molecule has 0 aliphatic heterocycles. The largest absolute Gasteiger partial charge is 0.497 e. The molecule has 5 nitrogen and oxygen atoms in total. The van der Waals surface area contributed by atoms with Crippen LogP contribution in [0.25, 0.3) is 6.08 Å². The maximum Gasteiger partial charge on any atom is 0.244 e. The second-order valence-corrected chi connectivity index (χ2v) is 7.01. The number of rotatable bonds is 8. The van der Waals surface area contributed by atoms with Crippen molar-refractivity contribution in [3.63, 3.8) is 0 Å². The molecule has 2 rings (SSSR count). The summed E-state index contributed by atoms with van der Waals surface area (Å²) in [5.41, 5.74) is 4.31. The van der Waals surface area contributed by atoms with Gasteiger partial charge in [-0.3, -0.25) is 4.79 Å². The summed E-state index contributed by atoms with van der Waals surface area (Å²) in [6.07, 6.45) is 3.44. The minimum absolute atomic E-state index is 0.0766. The van der Waals surface area contributed by atoms with E-state index in [0.717, 1.165) is 33.8 Å². The number of amides is 1. The standard InChI is InChI=1S/C23H30N2O3/c1-16-13-20(28-6)14-17(2)21(16)11-12-23(26)24-15-22(25(3)4)18-7-9-19(27-5)10-8-18/h7-14,22H,15H2,1-6H3,(H,24,26)/b12-11+. The van der Waals surface area contributed by atoms with E-state index in [1.165, 1.54) is 0 Å². The normalized spacial score (nSPS) is 12.2. The molecular weight excluding hydrogens is 352 g/mol. The number of nitrogens with one attached hydrogen (secondary N) is 1. The van der Waals surface area contributed by atoms with Crippen LogP contribution in [0.5, 0.6) is 11.5 Å². The molecule has 1 atom stereocenters. The van der Waals surface area contributed by atoms with Gasteiger partial charge in [0.1, 0.15) is 11.5 Å². The molecule has 2 aromatic carbocycles.